The second-order valence-corrected chi connectivity index (χ2v) is 2.67. The average Bonchev–Trinajstić information content (AvgIpc) is 2.08. The zero-order chi connectivity index (χ0) is 10.0. The second-order valence-electron chi connectivity index (χ2n) is 2.67. The smallest absolute Gasteiger partial charge is 0.325 e. The number of nitrogen functional groups attached to an aromatic ring is 2. The molecule has 70 valence electrons. The number of nitrogens with two attached hydrogens (primary N) is 3. The molecule has 0 amide bonds. The fourth-order valence-electron chi connectivity index (χ4n) is 1.01. The summed E-state index contributed by atoms with van der Waals surface area (Å²) in [4.78, 5) is 10.5. The standard InChI is InChI=1S/C8H11N3O2/c9-5-3-1-2-4(6(5)10)7(11)8(12)13/h1-3,7H,9-11H2,(H,12,13)/t7-/m1/s1. The van der Waals surface area contributed by atoms with E-state index >= 15 is 0 Å². The van der Waals surface area contributed by atoms with Gasteiger partial charge in [-0.15, -0.1) is 0 Å². The van der Waals surface area contributed by atoms with Crippen molar-refractivity contribution in [3.63, 3.8) is 0 Å². The lowest BCUT2D eigenvalue weighted by Gasteiger charge is -2.11. The Morgan fingerprint density at radius 3 is 2.54 bits per heavy atom. The Morgan fingerprint density at radius 1 is 1.38 bits per heavy atom. The van der Waals surface area contributed by atoms with E-state index in [0.29, 0.717) is 11.3 Å². The summed E-state index contributed by atoms with van der Waals surface area (Å²) in [6, 6.07) is 3.63. The second kappa shape index (κ2) is 3.32. The Kier molecular flexibility index (Phi) is 2.39. The number of anilines is 2. The molecule has 1 rings (SSSR count). The van der Waals surface area contributed by atoms with Crippen LogP contribution in [0, 0.1) is 0 Å². The van der Waals surface area contributed by atoms with Crippen LogP contribution in [0.4, 0.5) is 11.4 Å². The van der Waals surface area contributed by atoms with Gasteiger partial charge in [0.1, 0.15) is 6.04 Å². The fraction of sp³-hybridized carbons (Fsp3) is 0.125. The minimum atomic E-state index is -1.13. The summed E-state index contributed by atoms with van der Waals surface area (Å²) in [6.07, 6.45) is 0. The molecule has 0 aliphatic carbocycles. The van der Waals surface area contributed by atoms with Gasteiger partial charge in [0.05, 0.1) is 11.4 Å². The van der Waals surface area contributed by atoms with E-state index in [4.69, 9.17) is 22.3 Å². The van der Waals surface area contributed by atoms with Crippen molar-refractivity contribution >= 4 is 17.3 Å². The highest BCUT2D eigenvalue weighted by Gasteiger charge is 2.17. The van der Waals surface area contributed by atoms with E-state index in [9.17, 15) is 4.79 Å². The zero-order valence-corrected chi connectivity index (χ0v) is 6.90. The van der Waals surface area contributed by atoms with Gasteiger partial charge in [-0.2, -0.15) is 0 Å². The first-order valence-corrected chi connectivity index (χ1v) is 3.66. The molecule has 0 spiro atoms. The molecule has 0 radical (unpaired) electrons. The first-order valence-electron chi connectivity index (χ1n) is 3.66. The highest BCUT2D eigenvalue weighted by atomic mass is 16.4. The number of aliphatic carboxylic acids is 1. The molecular formula is C8H11N3O2. The zero-order valence-electron chi connectivity index (χ0n) is 6.90. The molecule has 1 aromatic rings. The van der Waals surface area contributed by atoms with Gasteiger partial charge in [-0.05, 0) is 6.07 Å². The highest BCUT2D eigenvalue weighted by Crippen LogP contribution is 2.24. The lowest BCUT2D eigenvalue weighted by atomic mass is 10.0. The topological polar surface area (TPSA) is 115 Å². The van der Waals surface area contributed by atoms with Crippen LogP contribution in [0.15, 0.2) is 18.2 Å². The van der Waals surface area contributed by atoms with Gasteiger partial charge in [-0.3, -0.25) is 4.79 Å². The number of hydrogen-bond donors (Lipinski definition) is 4. The Hall–Kier alpha value is -1.75. The molecule has 13 heavy (non-hydrogen) atoms. The van der Waals surface area contributed by atoms with Gasteiger partial charge in [-0.25, -0.2) is 0 Å². The Balaban J connectivity index is 3.15. The van der Waals surface area contributed by atoms with E-state index < -0.39 is 12.0 Å². The third-order valence-corrected chi connectivity index (χ3v) is 1.77. The predicted octanol–water partition coefficient (Wildman–Crippen LogP) is -0.0646. The summed E-state index contributed by atoms with van der Waals surface area (Å²) in [5.74, 6) is -1.13. The minimum Gasteiger partial charge on any atom is -0.480 e. The quantitative estimate of drug-likeness (QED) is 0.477. The van der Waals surface area contributed by atoms with Crippen LogP contribution >= 0.6 is 0 Å². The van der Waals surface area contributed by atoms with E-state index in [1.807, 2.05) is 0 Å². The van der Waals surface area contributed by atoms with Crippen molar-refractivity contribution < 1.29 is 9.90 Å². The molecule has 7 N–H and O–H groups in total. The molecule has 5 heteroatoms. The number of carboxylic acids is 1. The van der Waals surface area contributed by atoms with Crippen LogP contribution < -0.4 is 17.2 Å². The van der Waals surface area contributed by atoms with E-state index in [2.05, 4.69) is 0 Å². The first kappa shape index (κ1) is 9.34. The lowest BCUT2D eigenvalue weighted by molar-refractivity contribution is -0.138. The van der Waals surface area contributed by atoms with Gasteiger partial charge < -0.3 is 22.3 Å². The molecule has 0 saturated heterocycles. The van der Waals surface area contributed by atoms with Crippen molar-refractivity contribution in [3.8, 4) is 0 Å². The van der Waals surface area contributed by atoms with Crippen LogP contribution in [-0.4, -0.2) is 11.1 Å². The molecule has 0 aromatic heterocycles. The molecule has 0 heterocycles. The number of hydrogen-bond acceptors (Lipinski definition) is 4. The van der Waals surface area contributed by atoms with Gasteiger partial charge in [0.25, 0.3) is 0 Å². The third-order valence-electron chi connectivity index (χ3n) is 1.77. The third kappa shape index (κ3) is 1.70. The van der Waals surface area contributed by atoms with Gasteiger partial charge >= 0.3 is 5.97 Å². The highest BCUT2D eigenvalue weighted by molar-refractivity contribution is 5.80. The number of benzene rings is 1. The van der Waals surface area contributed by atoms with Crippen LogP contribution in [0.1, 0.15) is 11.6 Å². The molecule has 1 aromatic carbocycles. The Bertz CT molecular complexity index is 338. The molecular weight excluding hydrogens is 170 g/mol. The van der Waals surface area contributed by atoms with Crippen molar-refractivity contribution in [2.75, 3.05) is 11.5 Å². The molecule has 0 unspecified atom stereocenters. The molecule has 0 fully saturated rings. The summed E-state index contributed by atoms with van der Waals surface area (Å²) < 4.78 is 0. The van der Waals surface area contributed by atoms with Gasteiger partial charge in [0.15, 0.2) is 0 Å². The first-order chi connectivity index (χ1) is 6.04. The van der Waals surface area contributed by atoms with Crippen LogP contribution in [0.5, 0.6) is 0 Å². The van der Waals surface area contributed by atoms with Crippen molar-refractivity contribution in [1.29, 1.82) is 0 Å². The predicted molar refractivity (Wildman–Crippen MR) is 49.8 cm³/mol. The number of para-hydroxylation sites is 1. The average molecular weight is 181 g/mol. The summed E-state index contributed by atoms with van der Waals surface area (Å²) in [7, 11) is 0. The van der Waals surface area contributed by atoms with E-state index in [0.717, 1.165) is 0 Å². The van der Waals surface area contributed by atoms with Crippen LogP contribution in [0.2, 0.25) is 0 Å². The fourth-order valence-corrected chi connectivity index (χ4v) is 1.01. The molecule has 0 bridgehead atoms. The van der Waals surface area contributed by atoms with Crippen LogP contribution in [-0.2, 0) is 4.79 Å². The van der Waals surface area contributed by atoms with Crippen molar-refractivity contribution in [2.24, 2.45) is 5.73 Å². The number of carboxylic acid groups (broad SMARTS) is 1. The number of carbonyl (C=O) groups is 1. The van der Waals surface area contributed by atoms with Crippen LogP contribution in [0.25, 0.3) is 0 Å². The summed E-state index contributed by atoms with van der Waals surface area (Å²) >= 11 is 0. The molecule has 0 saturated carbocycles. The number of rotatable bonds is 2. The summed E-state index contributed by atoms with van der Waals surface area (Å²) in [5, 5.41) is 8.63. The summed E-state index contributed by atoms with van der Waals surface area (Å²) in [6.45, 7) is 0. The van der Waals surface area contributed by atoms with Gasteiger partial charge in [-0.1, -0.05) is 12.1 Å². The van der Waals surface area contributed by atoms with E-state index in [1.54, 1.807) is 18.2 Å². The van der Waals surface area contributed by atoms with Gasteiger partial charge in [0, 0.05) is 5.56 Å². The minimum absolute atomic E-state index is 0.234. The van der Waals surface area contributed by atoms with Crippen molar-refractivity contribution in [1.82, 2.24) is 0 Å². The van der Waals surface area contributed by atoms with Gasteiger partial charge in [0.2, 0.25) is 0 Å². The lowest BCUT2D eigenvalue weighted by Crippen LogP contribution is -2.22. The molecule has 0 aliphatic heterocycles. The SMILES string of the molecule is Nc1cccc([C@@H](N)C(=O)O)c1N. The van der Waals surface area contributed by atoms with E-state index in [1.165, 1.54) is 0 Å². The maximum atomic E-state index is 10.5. The maximum absolute atomic E-state index is 10.5. The Labute approximate surface area is 75.1 Å². The largest absolute Gasteiger partial charge is 0.480 e. The maximum Gasteiger partial charge on any atom is 0.325 e. The van der Waals surface area contributed by atoms with Crippen molar-refractivity contribution in [3.05, 3.63) is 23.8 Å². The van der Waals surface area contributed by atoms with Crippen LogP contribution in [0.3, 0.4) is 0 Å². The normalized spacial score (nSPS) is 12.4. The van der Waals surface area contributed by atoms with E-state index in [-0.39, 0.29) is 5.69 Å². The monoisotopic (exact) mass is 181 g/mol. The Morgan fingerprint density at radius 2 is 2.00 bits per heavy atom. The molecule has 0 aliphatic rings. The molecule has 1 atom stereocenters. The molecule has 5 nitrogen and oxygen atoms in total. The summed E-state index contributed by atoms with van der Waals surface area (Å²) in [5.41, 5.74) is 17.3. The van der Waals surface area contributed by atoms with Crippen molar-refractivity contribution in [2.45, 2.75) is 6.04 Å².